The van der Waals surface area contributed by atoms with Crippen LogP contribution in [0.1, 0.15) is 32.0 Å². The van der Waals surface area contributed by atoms with Crippen molar-refractivity contribution in [2.45, 2.75) is 13.5 Å². The first-order valence-corrected chi connectivity index (χ1v) is 7.03. The van der Waals surface area contributed by atoms with E-state index in [-0.39, 0.29) is 18.4 Å². The van der Waals surface area contributed by atoms with Gasteiger partial charge in [0.2, 0.25) is 0 Å². The van der Waals surface area contributed by atoms with E-state index in [1.807, 2.05) is 35.9 Å². The van der Waals surface area contributed by atoms with E-state index in [0.29, 0.717) is 16.8 Å². The Morgan fingerprint density at radius 3 is 2.32 bits per heavy atom. The van der Waals surface area contributed by atoms with Crippen LogP contribution < -0.4 is 0 Å². The highest BCUT2D eigenvalue weighted by Crippen LogP contribution is 2.24. The van der Waals surface area contributed by atoms with Gasteiger partial charge in [0.1, 0.15) is 5.65 Å². The van der Waals surface area contributed by atoms with Gasteiger partial charge in [-0.25, -0.2) is 4.98 Å². The molecular weight excluding hydrogens is 278 g/mol. The summed E-state index contributed by atoms with van der Waals surface area (Å²) in [6.45, 7) is 2.17. The van der Waals surface area contributed by atoms with Crippen LogP contribution in [0.5, 0.6) is 0 Å². The van der Waals surface area contributed by atoms with Crippen LogP contribution in [0, 0.1) is 6.92 Å². The number of imidazole rings is 1. The van der Waals surface area contributed by atoms with Crippen LogP contribution in [-0.4, -0.2) is 26.1 Å². The molecule has 5 nitrogen and oxygen atoms in total. The standard InChI is InChI=1S/C17H13N3O2/c1-11-5-4-8-19-9-12(18-15(11)19)10-20-16(21)13-6-2-3-7-14(13)17(20)22/h2-9H,10H2,1H3. The quantitative estimate of drug-likeness (QED) is 0.681. The maximum absolute atomic E-state index is 12.4. The monoisotopic (exact) mass is 291 g/mol. The average Bonchev–Trinajstić information content (AvgIpc) is 3.04. The molecule has 0 radical (unpaired) electrons. The Labute approximate surface area is 126 Å². The van der Waals surface area contributed by atoms with Gasteiger partial charge < -0.3 is 4.40 Å². The Kier molecular flexibility index (Phi) is 2.63. The van der Waals surface area contributed by atoms with Crippen LogP contribution in [-0.2, 0) is 6.54 Å². The maximum Gasteiger partial charge on any atom is 0.261 e. The Hall–Kier alpha value is -2.95. The van der Waals surface area contributed by atoms with Gasteiger partial charge in [-0.05, 0) is 30.7 Å². The summed E-state index contributed by atoms with van der Waals surface area (Å²) in [6.07, 6.45) is 3.76. The van der Waals surface area contributed by atoms with E-state index in [9.17, 15) is 9.59 Å². The lowest BCUT2D eigenvalue weighted by Crippen LogP contribution is -2.29. The molecular formula is C17H13N3O2. The third-order valence-corrected chi connectivity index (χ3v) is 3.93. The summed E-state index contributed by atoms with van der Waals surface area (Å²) in [5.41, 5.74) is 3.52. The van der Waals surface area contributed by atoms with E-state index < -0.39 is 0 Å². The van der Waals surface area contributed by atoms with Gasteiger partial charge >= 0.3 is 0 Å². The number of pyridine rings is 1. The molecule has 0 bridgehead atoms. The Morgan fingerprint density at radius 2 is 1.68 bits per heavy atom. The average molecular weight is 291 g/mol. The number of rotatable bonds is 2. The number of aromatic nitrogens is 2. The molecule has 0 aliphatic carbocycles. The molecule has 0 atom stereocenters. The number of imide groups is 1. The van der Waals surface area contributed by atoms with E-state index in [1.165, 1.54) is 4.90 Å². The van der Waals surface area contributed by atoms with Gasteiger partial charge in [-0.2, -0.15) is 0 Å². The highest BCUT2D eigenvalue weighted by molar-refractivity contribution is 6.21. The lowest BCUT2D eigenvalue weighted by Gasteiger charge is -2.11. The van der Waals surface area contributed by atoms with Crippen molar-refractivity contribution in [2.24, 2.45) is 0 Å². The second-order valence-corrected chi connectivity index (χ2v) is 5.40. The van der Waals surface area contributed by atoms with Crippen molar-refractivity contribution in [1.82, 2.24) is 14.3 Å². The normalized spacial score (nSPS) is 14.0. The number of amides is 2. The van der Waals surface area contributed by atoms with E-state index >= 15 is 0 Å². The Balaban J connectivity index is 1.70. The first-order chi connectivity index (χ1) is 10.6. The highest BCUT2D eigenvalue weighted by Gasteiger charge is 2.35. The molecule has 2 aromatic heterocycles. The van der Waals surface area contributed by atoms with Crippen molar-refractivity contribution in [3.63, 3.8) is 0 Å². The smallest absolute Gasteiger partial charge is 0.261 e. The fourth-order valence-corrected chi connectivity index (χ4v) is 2.83. The van der Waals surface area contributed by atoms with Gasteiger partial charge in [0, 0.05) is 12.4 Å². The fourth-order valence-electron chi connectivity index (χ4n) is 2.83. The number of hydrogen-bond donors (Lipinski definition) is 0. The lowest BCUT2D eigenvalue weighted by molar-refractivity contribution is 0.0640. The molecule has 0 unspecified atom stereocenters. The van der Waals surface area contributed by atoms with Crippen LogP contribution in [0.25, 0.3) is 5.65 Å². The molecule has 1 aliphatic heterocycles. The minimum Gasteiger partial charge on any atom is -0.307 e. The van der Waals surface area contributed by atoms with E-state index in [4.69, 9.17) is 0 Å². The van der Waals surface area contributed by atoms with Gasteiger partial charge in [0.15, 0.2) is 0 Å². The largest absolute Gasteiger partial charge is 0.307 e. The zero-order chi connectivity index (χ0) is 15.3. The molecule has 0 saturated heterocycles. The number of carbonyl (C=O) groups excluding carboxylic acids is 2. The van der Waals surface area contributed by atoms with Crippen molar-refractivity contribution in [2.75, 3.05) is 0 Å². The molecule has 0 fully saturated rings. The summed E-state index contributed by atoms with van der Waals surface area (Å²) >= 11 is 0. The molecule has 1 aliphatic rings. The first-order valence-electron chi connectivity index (χ1n) is 7.03. The number of hydrogen-bond acceptors (Lipinski definition) is 3. The van der Waals surface area contributed by atoms with Crippen molar-refractivity contribution in [3.05, 3.63) is 71.2 Å². The third kappa shape index (κ3) is 1.75. The highest BCUT2D eigenvalue weighted by atomic mass is 16.2. The van der Waals surface area contributed by atoms with Crippen LogP contribution in [0.15, 0.2) is 48.8 Å². The van der Waals surface area contributed by atoms with Crippen molar-refractivity contribution < 1.29 is 9.59 Å². The number of aryl methyl sites for hydroxylation is 1. The first kappa shape index (κ1) is 12.8. The summed E-state index contributed by atoms with van der Waals surface area (Å²) in [6, 6.07) is 10.8. The van der Waals surface area contributed by atoms with Crippen molar-refractivity contribution in [3.8, 4) is 0 Å². The number of carbonyl (C=O) groups is 2. The lowest BCUT2D eigenvalue weighted by atomic mass is 10.1. The van der Waals surface area contributed by atoms with E-state index in [0.717, 1.165) is 11.2 Å². The maximum atomic E-state index is 12.4. The molecule has 1 aromatic carbocycles. The molecule has 108 valence electrons. The summed E-state index contributed by atoms with van der Waals surface area (Å²) in [4.78, 5) is 30.5. The summed E-state index contributed by atoms with van der Waals surface area (Å²) in [7, 11) is 0. The van der Waals surface area contributed by atoms with Gasteiger partial charge in [0.05, 0.1) is 23.4 Å². The van der Waals surface area contributed by atoms with E-state index in [2.05, 4.69) is 4.98 Å². The Bertz CT molecular complexity index is 892. The Morgan fingerprint density at radius 1 is 1.00 bits per heavy atom. The molecule has 2 amide bonds. The van der Waals surface area contributed by atoms with Crippen molar-refractivity contribution >= 4 is 17.5 Å². The summed E-state index contributed by atoms with van der Waals surface area (Å²) in [5.74, 6) is -0.510. The molecule has 5 heteroatoms. The third-order valence-electron chi connectivity index (χ3n) is 3.93. The minimum absolute atomic E-state index is 0.188. The summed E-state index contributed by atoms with van der Waals surface area (Å²) in [5, 5.41) is 0. The van der Waals surface area contributed by atoms with Crippen LogP contribution in [0.2, 0.25) is 0 Å². The molecule has 0 spiro atoms. The molecule has 22 heavy (non-hydrogen) atoms. The van der Waals surface area contributed by atoms with Crippen LogP contribution in [0.3, 0.4) is 0 Å². The van der Waals surface area contributed by atoms with Crippen LogP contribution in [0.4, 0.5) is 0 Å². The van der Waals surface area contributed by atoms with Gasteiger partial charge in [0.25, 0.3) is 11.8 Å². The molecule has 0 N–H and O–H groups in total. The van der Waals surface area contributed by atoms with Crippen LogP contribution >= 0.6 is 0 Å². The van der Waals surface area contributed by atoms with Gasteiger partial charge in [-0.15, -0.1) is 0 Å². The second-order valence-electron chi connectivity index (χ2n) is 5.40. The molecule has 3 aromatic rings. The number of benzene rings is 1. The summed E-state index contributed by atoms with van der Waals surface area (Å²) < 4.78 is 1.91. The predicted octanol–water partition coefficient (Wildman–Crippen LogP) is 2.44. The zero-order valence-electron chi connectivity index (χ0n) is 12.0. The zero-order valence-corrected chi connectivity index (χ0v) is 12.0. The minimum atomic E-state index is -0.255. The van der Waals surface area contributed by atoms with Gasteiger partial charge in [-0.3, -0.25) is 14.5 Å². The number of nitrogens with zero attached hydrogens (tertiary/aromatic N) is 3. The molecule has 4 rings (SSSR count). The van der Waals surface area contributed by atoms with E-state index in [1.54, 1.807) is 24.3 Å². The SMILES string of the molecule is Cc1cccn2cc(CN3C(=O)c4ccccc4C3=O)nc12. The molecule has 3 heterocycles. The topological polar surface area (TPSA) is 54.7 Å². The number of fused-ring (bicyclic) bond motifs is 2. The predicted molar refractivity (Wildman–Crippen MR) is 80.6 cm³/mol. The van der Waals surface area contributed by atoms with Crippen molar-refractivity contribution in [1.29, 1.82) is 0 Å². The fraction of sp³-hybridized carbons (Fsp3) is 0.118. The second kappa shape index (κ2) is 4.53. The molecule has 0 saturated carbocycles. The van der Waals surface area contributed by atoms with Gasteiger partial charge in [-0.1, -0.05) is 18.2 Å².